The van der Waals surface area contributed by atoms with Gasteiger partial charge in [-0.05, 0) is 48.1 Å². The number of ether oxygens (including phenoxy) is 1. The molecule has 0 saturated heterocycles. The number of carbonyl (C=O) groups excluding carboxylic acids is 1. The van der Waals surface area contributed by atoms with E-state index in [1.54, 1.807) is 12.1 Å². The van der Waals surface area contributed by atoms with E-state index in [2.05, 4.69) is 26.1 Å². The van der Waals surface area contributed by atoms with Gasteiger partial charge in [0.05, 0.1) is 5.02 Å². The van der Waals surface area contributed by atoms with E-state index in [0.717, 1.165) is 6.42 Å². The van der Waals surface area contributed by atoms with Crippen molar-refractivity contribution >= 4 is 17.5 Å². The molecule has 1 N–H and O–H groups in total. The zero-order valence-corrected chi connectivity index (χ0v) is 14.2. The fourth-order valence-corrected chi connectivity index (χ4v) is 4.55. The summed E-state index contributed by atoms with van der Waals surface area (Å²) in [6.45, 7) is 7.02. The maximum absolute atomic E-state index is 12.2. The van der Waals surface area contributed by atoms with Gasteiger partial charge in [-0.15, -0.1) is 0 Å². The number of benzene rings is 1. The molecule has 4 heteroatoms. The topological polar surface area (TPSA) is 38.3 Å². The molecule has 3 rings (SSSR count). The number of rotatable bonds is 4. The summed E-state index contributed by atoms with van der Waals surface area (Å²) in [7, 11) is 0. The van der Waals surface area contributed by atoms with Crippen LogP contribution < -0.4 is 10.1 Å². The first kappa shape index (κ1) is 15.7. The second-order valence-electron chi connectivity index (χ2n) is 7.45. The van der Waals surface area contributed by atoms with Crippen LogP contribution in [0.15, 0.2) is 24.3 Å². The minimum Gasteiger partial charge on any atom is -0.482 e. The van der Waals surface area contributed by atoms with Gasteiger partial charge in [0.15, 0.2) is 6.61 Å². The van der Waals surface area contributed by atoms with Crippen LogP contribution in [0, 0.1) is 16.7 Å². The number of fused-ring (bicyclic) bond motifs is 2. The molecule has 3 atom stereocenters. The number of amides is 1. The highest BCUT2D eigenvalue weighted by atomic mass is 35.5. The highest BCUT2D eigenvalue weighted by Gasteiger charge is 2.61. The Morgan fingerprint density at radius 3 is 2.68 bits per heavy atom. The molecule has 2 aliphatic rings. The maximum atomic E-state index is 12.2. The van der Waals surface area contributed by atoms with Gasteiger partial charge in [-0.2, -0.15) is 0 Å². The standard InChI is InChI=1S/C18H24ClNO2/c1-17(2)12-8-9-18(17,3)15(10-12)20-16(21)11-22-14-7-5-4-6-13(14)19/h4-7,12,15H,8-11H2,1-3H3,(H,20,21)/t12-,15+,18-/m0/s1. The van der Waals surface area contributed by atoms with Crippen LogP contribution in [-0.2, 0) is 4.79 Å². The minimum atomic E-state index is -0.0607. The van der Waals surface area contributed by atoms with Gasteiger partial charge in [-0.3, -0.25) is 4.79 Å². The number of carbonyl (C=O) groups is 1. The second-order valence-corrected chi connectivity index (χ2v) is 7.86. The Balaban J connectivity index is 1.59. The largest absolute Gasteiger partial charge is 0.482 e. The van der Waals surface area contributed by atoms with Crippen LogP contribution in [0.1, 0.15) is 40.0 Å². The molecule has 2 aliphatic carbocycles. The molecule has 0 aromatic heterocycles. The second kappa shape index (κ2) is 5.45. The predicted octanol–water partition coefficient (Wildman–Crippen LogP) is 4.05. The number of hydrogen-bond donors (Lipinski definition) is 1. The zero-order chi connectivity index (χ0) is 16.0. The zero-order valence-electron chi connectivity index (χ0n) is 13.5. The van der Waals surface area contributed by atoms with Crippen molar-refractivity contribution in [2.75, 3.05) is 6.61 Å². The monoisotopic (exact) mass is 321 g/mol. The summed E-state index contributed by atoms with van der Waals surface area (Å²) in [6.07, 6.45) is 3.56. The molecular weight excluding hydrogens is 298 g/mol. The SMILES string of the molecule is CC1(C)[C@H]2CC[C@@]1(C)[C@H](NC(=O)COc1ccccc1Cl)C2. The molecule has 2 bridgehead atoms. The van der Waals surface area contributed by atoms with Crippen LogP contribution in [-0.4, -0.2) is 18.6 Å². The van der Waals surface area contributed by atoms with Gasteiger partial charge >= 0.3 is 0 Å². The van der Waals surface area contributed by atoms with E-state index in [9.17, 15) is 4.79 Å². The summed E-state index contributed by atoms with van der Waals surface area (Å²) < 4.78 is 5.53. The highest BCUT2D eigenvalue weighted by molar-refractivity contribution is 6.32. The molecule has 0 spiro atoms. The van der Waals surface area contributed by atoms with Crippen LogP contribution in [0.25, 0.3) is 0 Å². The van der Waals surface area contributed by atoms with Crippen molar-refractivity contribution < 1.29 is 9.53 Å². The van der Waals surface area contributed by atoms with Crippen LogP contribution in [0.5, 0.6) is 5.75 Å². The van der Waals surface area contributed by atoms with Crippen molar-refractivity contribution in [3.8, 4) is 5.75 Å². The average molecular weight is 322 g/mol. The number of para-hydroxylation sites is 1. The highest BCUT2D eigenvalue weighted by Crippen LogP contribution is 2.65. The van der Waals surface area contributed by atoms with Crippen molar-refractivity contribution in [1.82, 2.24) is 5.32 Å². The fraction of sp³-hybridized carbons (Fsp3) is 0.611. The molecule has 0 heterocycles. The van der Waals surface area contributed by atoms with Crippen molar-refractivity contribution in [3.05, 3.63) is 29.3 Å². The first-order chi connectivity index (χ1) is 10.3. The Hall–Kier alpha value is -1.22. The van der Waals surface area contributed by atoms with Crippen molar-refractivity contribution in [2.45, 2.75) is 46.1 Å². The Kier molecular flexibility index (Phi) is 3.88. The van der Waals surface area contributed by atoms with E-state index in [0.29, 0.717) is 22.1 Å². The Labute approximate surface area is 137 Å². The minimum absolute atomic E-state index is 0.0153. The van der Waals surface area contributed by atoms with E-state index >= 15 is 0 Å². The molecule has 120 valence electrons. The summed E-state index contributed by atoms with van der Waals surface area (Å²) in [6, 6.07) is 7.47. The molecule has 2 fully saturated rings. The lowest BCUT2D eigenvalue weighted by Crippen LogP contribution is -2.48. The third-order valence-corrected chi connectivity index (χ3v) is 6.64. The lowest BCUT2D eigenvalue weighted by atomic mass is 9.69. The summed E-state index contributed by atoms with van der Waals surface area (Å²) in [4.78, 5) is 12.2. The van der Waals surface area contributed by atoms with Gasteiger partial charge in [-0.1, -0.05) is 44.5 Å². The molecule has 2 saturated carbocycles. The van der Waals surface area contributed by atoms with Crippen LogP contribution in [0.3, 0.4) is 0 Å². The van der Waals surface area contributed by atoms with E-state index in [-0.39, 0.29) is 24.0 Å². The first-order valence-electron chi connectivity index (χ1n) is 8.01. The number of nitrogens with one attached hydrogen (secondary N) is 1. The Bertz CT molecular complexity index is 586. The van der Waals surface area contributed by atoms with Gasteiger partial charge < -0.3 is 10.1 Å². The molecule has 1 aromatic rings. The normalized spacial score (nSPS) is 32.0. The molecule has 1 amide bonds. The lowest BCUT2D eigenvalue weighted by molar-refractivity contribution is -0.124. The summed E-state index contributed by atoms with van der Waals surface area (Å²) in [5.41, 5.74) is 0.492. The van der Waals surface area contributed by atoms with Crippen molar-refractivity contribution in [1.29, 1.82) is 0 Å². The molecule has 0 aliphatic heterocycles. The van der Waals surface area contributed by atoms with Gasteiger partial charge in [0.1, 0.15) is 5.75 Å². The molecular formula is C18H24ClNO2. The van der Waals surface area contributed by atoms with Crippen LogP contribution in [0.2, 0.25) is 5.02 Å². The molecule has 1 aromatic carbocycles. The van der Waals surface area contributed by atoms with Gasteiger partial charge in [0.25, 0.3) is 5.91 Å². The molecule has 0 unspecified atom stereocenters. The molecule has 0 radical (unpaired) electrons. The van der Waals surface area contributed by atoms with E-state index in [1.807, 2.05) is 12.1 Å². The lowest BCUT2D eigenvalue weighted by Gasteiger charge is -2.39. The summed E-state index contributed by atoms with van der Waals surface area (Å²) in [5, 5.41) is 3.72. The van der Waals surface area contributed by atoms with Crippen LogP contribution >= 0.6 is 11.6 Å². The Morgan fingerprint density at radius 2 is 2.09 bits per heavy atom. The molecule has 22 heavy (non-hydrogen) atoms. The number of halogens is 1. The van der Waals surface area contributed by atoms with Gasteiger partial charge in [-0.25, -0.2) is 0 Å². The van der Waals surface area contributed by atoms with Gasteiger partial charge in [0.2, 0.25) is 0 Å². The van der Waals surface area contributed by atoms with Gasteiger partial charge in [0, 0.05) is 6.04 Å². The van der Waals surface area contributed by atoms with E-state index < -0.39 is 0 Å². The fourth-order valence-electron chi connectivity index (χ4n) is 4.36. The third kappa shape index (κ3) is 2.40. The third-order valence-electron chi connectivity index (χ3n) is 6.32. The number of hydrogen-bond acceptors (Lipinski definition) is 2. The quantitative estimate of drug-likeness (QED) is 0.908. The molecule has 3 nitrogen and oxygen atoms in total. The van der Waals surface area contributed by atoms with Crippen molar-refractivity contribution in [2.24, 2.45) is 16.7 Å². The average Bonchev–Trinajstić information content (AvgIpc) is 2.80. The Morgan fingerprint density at radius 1 is 1.36 bits per heavy atom. The first-order valence-corrected chi connectivity index (χ1v) is 8.39. The van der Waals surface area contributed by atoms with Crippen LogP contribution in [0.4, 0.5) is 0 Å². The van der Waals surface area contributed by atoms with E-state index in [1.165, 1.54) is 12.8 Å². The van der Waals surface area contributed by atoms with E-state index in [4.69, 9.17) is 16.3 Å². The smallest absolute Gasteiger partial charge is 0.258 e. The van der Waals surface area contributed by atoms with Crippen molar-refractivity contribution in [3.63, 3.8) is 0 Å². The summed E-state index contributed by atoms with van der Waals surface area (Å²) in [5.74, 6) is 1.21. The maximum Gasteiger partial charge on any atom is 0.258 e. The summed E-state index contributed by atoms with van der Waals surface area (Å²) >= 11 is 6.03. The predicted molar refractivity (Wildman–Crippen MR) is 88.1 cm³/mol.